The van der Waals surface area contributed by atoms with Crippen LogP contribution in [0.1, 0.15) is 6.92 Å². The number of para-hydroxylation sites is 1. The lowest BCUT2D eigenvalue weighted by Gasteiger charge is -2.12. The smallest absolute Gasteiger partial charge is 0.293 e. The molecule has 0 fully saturated rings. The number of nitriles is 1. The first-order chi connectivity index (χ1) is 12.2. The van der Waals surface area contributed by atoms with Crippen molar-refractivity contribution in [1.82, 2.24) is 0 Å². The molecule has 2 aromatic rings. The zero-order valence-corrected chi connectivity index (χ0v) is 15.2. The summed E-state index contributed by atoms with van der Waals surface area (Å²) >= 11 is 5.94. The van der Waals surface area contributed by atoms with E-state index in [4.69, 9.17) is 16.9 Å². The molecule has 0 aliphatic rings. The molecule has 0 aliphatic heterocycles. The van der Waals surface area contributed by atoms with Crippen LogP contribution in [0.4, 0.5) is 17.1 Å². The molecule has 0 spiro atoms. The fourth-order valence-corrected chi connectivity index (χ4v) is 3.37. The van der Waals surface area contributed by atoms with Gasteiger partial charge in [0.1, 0.15) is 5.69 Å². The Morgan fingerprint density at radius 1 is 1.27 bits per heavy atom. The van der Waals surface area contributed by atoms with Crippen molar-refractivity contribution >= 4 is 38.7 Å². The van der Waals surface area contributed by atoms with Crippen molar-refractivity contribution in [3.63, 3.8) is 0 Å². The monoisotopic (exact) mass is 394 g/mol. The molecule has 0 bridgehead atoms. The molecule has 10 heteroatoms. The second kappa shape index (κ2) is 8.03. The third kappa shape index (κ3) is 4.62. The van der Waals surface area contributed by atoms with E-state index in [9.17, 15) is 18.5 Å². The summed E-state index contributed by atoms with van der Waals surface area (Å²) in [6.45, 7) is 1.85. The molecule has 1 atom stereocenters. The predicted molar refractivity (Wildman–Crippen MR) is 98.6 cm³/mol. The van der Waals surface area contributed by atoms with Gasteiger partial charge in [-0.3, -0.25) is 14.8 Å². The van der Waals surface area contributed by atoms with E-state index < -0.39 is 20.6 Å². The Labute approximate surface area is 155 Å². The molecule has 26 heavy (non-hydrogen) atoms. The third-order valence-corrected chi connectivity index (χ3v) is 5.11. The van der Waals surface area contributed by atoms with Gasteiger partial charge < -0.3 is 5.32 Å². The van der Waals surface area contributed by atoms with Crippen molar-refractivity contribution in [1.29, 1.82) is 5.26 Å². The number of nitrogens with one attached hydrogen (secondary N) is 2. The standard InChI is InChI=1S/C16H15ClN4O4S/c1-11(9-18)10-19-15-7-6-12(8-16(15)21(22)23)26(24,25)20-14-5-3-2-4-13(14)17/h2-8,11,19-20H,10H2,1H3. The molecular weight excluding hydrogens is 380 g/mol. The van der Waals surface area contributed by atoms with Crippen molar-refractivity contribution in [2.45, 2.75) is 11.8 Å². The number of rotatable bonds is 7. The van der Waals surface area contributed by atoms with Crippen molar-refractivity contribution in [3.05, 3.63) is 57.6 Å². The van der Waals surface area contributed by atoms with Crippen molar-refractivity contribution in [2.24, 2.45) is 5.92 Å². The van der Waals surface area contributed by atoms with Crippen LogP contribution in [-0.4, -0.2) is 19.9 Å². The lowest BCUT2D eigenvalue weighted by molar-refractivity contribution is -0.384. The molecule has 0 heterocycles. The molecule has 2 N–H and O–H groups in total. The number of nitrogens with zero attached hydrogens (tertiary/aromatic N) is 2. The van der Waals surface area contributed by atoms with Gasteiger partial charge in [-0.15, -0.1) is 0 Å². The minimum absolute atomic E-state index is 0.133. The first kappa shape index (κ1) is 19.5. The predicted octanol–water partition coefficient (Wildman–Crippen LogP) is 3.62. The minimum atomic E-state index is -4.06. The molecule has 1 unspecified atom stereocenters. The maximum atomic E-state index is 12.5. The van der Waals surface area contributed by atoms with Crippen LogP contribution >= 0.6 is 11.6 Å². The average molecular weight is 395 g/mol. The zero-order chi connectivity index (χ0) is 19.3. The van der Waals surface area contributed by atoms with Gasteiger partial charge in [0.15, 0.2) is 0 Å². The summed E-state index contributed by atoms with van der Waals surface area (Å²) in [5.74, 6) is -0.361. The summed E-state index contributed by atoms with van der Waals surface area (Å²) in [5.41, 5.74) is -0.104. The van der Waals surface area contributed by atoms with E-state index in [1.165, 1.54) is 24.3 Å². The average Bonchev–Trinajstić information content (AvgIpc) is 2.61. The van der Waals surface area contributed by atoms with Crippen molar-refractivity contribution in [3.8, 4) is 6.07 Å². The van der Waals surface area contributed by atoms with Gasteiger partial charge in [-0.25, -0.2) is 8.42 Å². The highest BCUT2D eigenvalue weighted by Gasteiger charge is 2.22. The maximum absolute atomic E-state index is 12.5. The Kier molecular flexibility index (Phi) is 6.02. The highest BCUT2D eigenvalue weighted by Crippen LogP contribution is 2.30. The first-order valence-electron chi connectivity index (χ1n) is 7.44. The van der Waals surface area contributed by atoms with Crippen LogP contribution < -0.4 is 10.0 Å². The molecule has 2 aromatic carbocycles. The quantitative estimate of drug-likeness (QED) is 0.545. The van der Waals surface area contributed by atoms with E-state index in [1.54, 1.807) is 19.1 Å². The van der Waals surface area contributed by atoms with Crippen LogP contribution in [0.5, 0.6) is 0 Å². The Morgan fingerprint density at radius 3 is 2.58 bits per heavy atom. The van der Waals surface area contributed by atoms with E-state index in [1.807, 2.05) is 6.07 Å². The third-order valence-electron chi connectivity index (χ3n) is 3.41. The van der Waals surface area contributed by atoms with Crippen LogP contribution in [0.3, 0.4) is 0 Å². The topological polar surface area (TPSA) is 125 Å². The van der Waals surface area contributed by atoms with Crippen LogP contribution in [-0.2, 0) is 10.0 Å². The summed E-state index contributed by atoms with van der Waals surface area (Å²) in [4.78, 5) is 10.3. The van der Waals surface area contributed by atoms with Gasteiger partial charge in [0, 0.05) is 12.6 Å². The zero-order valence-electron chi connectivity index (χ0n) is 13.6. The number of anilines is 2. The lowest BCUT2D eigenvalue weighted by Crippen LogP contribution is -2.15. The van der Waals surface area contributed by atoms with Gasteiger partial charge >= 0.3 is 0 Å². The molecule has 136 valence electrons. The van der Waals surface area contributed by atoms with Crippen LogP contribution in [0.25, 0.3) is 0 Å². The van der Waals surface area contributed by atoms with Gasteiger partial charge in [-0.05, 0) is 31.2 Å². The van der Waals surface area contributed by atoms with Crippen LogP contribution in [0.2, 0.25) is 5.02 Å². The maximum Gasteiger partial charge on any atom is 0.293 e. The Balaban J connectivity index is 2.35. The number of hydrogen-bond donors (Lipinski definition) is 2. The Hall–Kier alpha value is -2.83. The number of benzene rings is 2. The summed E-state index contributed by atoms with van der Waals surface area (Å²) in [5, 5.41) is 23.1. The highest BCUT2D eigenvalue weighted by molar-refractivity contribution is 7.92. The second-order valence-corrected chi connectivity index (χ2v) is 7.52. The van der Waals surface area contributed by atoms with Gasteiger partial charge in [0.25, 0.3) is 15.7 Å². The van der Waals surface area contributed by atoms with Gasteiger partial charge in [0.05, 0.1) is 32.5 Å². The molecular formula is C16H15ClN4O4S. The number of nitro benzene ring substituents is 1. The van der Waals surface area contributed by atoms with Gasteiger partial charge in [-0.1, -0.05) is 23.7 Å². The fraction of sp³-hybridized carbons (Fsp3) is 0.188. The summed E-state index contributed by atoms with van der Waals surface area (Å²) in [7, 11) is -4.06. The summed E-state index contributed by atoms with van der Waals surface area (Å²) in [6.07, 6.45) is 0. The van der Waals surface area contributed by atoms with E-state index in [0.717, 1.165) is 6.07 Å². The fourth-order valence-electron chi connectivity index (χ4n) is 2.04. The van der Waals surface area contributed by atoms with Gasteiger partial charge in [-0.2, -0.15) is 5.26 Å². The second-order valence-electron chi connectivity index (χ2n) is 5.43. The van der Waals surface area contributed by atoms with E-state index in [2.05, 4.69) is 10.0 Å². The Bertz CT molecular complexity index is 972. The first-order valence-corrected chi connectivity index (χ1v) is 9.30. The SMILES string of the molecule is CC(C#N)CNc1ccc(S(=O)(=O)Nc2ccccc2Cl)cc1[N+](=O)[O-]. The lowest BCUT2D eigenvalue weighted by atomic mass is 10.2. The summed E-state index contributed by atoms with van der Waals surface area (Å²) < 4.78 is 27.3. The molecule has 8 nitrogen and oxygen atoms in total. The van der Waals surface area contributed by atoms with Crippen molar-refractivity contribution in [2.75, 3.05) is 16.6 Å². The number of hydrogen-bond acceptors (Lipinski definition) is 6. The number of halogens is 1. The molecule has 0 saturated carbocycles. The van der Waals surface area contributed by atoms with E-state index in [0.29, 0.717) is 0 Å². The normalized spacial score (nSPS) is 12.0. The molecule has 2 rings (SSSR count). The minimum Gasteiger partial charge on any atom is -0.378 e. The largest absolute Gasteiger partial charge is 0.378 e. The molecule has 0 radical (unpaired) electrons. The van der Waals surface area contributed by atoms with Gasteiger partial charge in [0.2, 0.25) is 0 Å². The number of sulfonamides is 1. The molecule has 0 saturated heterocycles. The summed E-state index contributed by atoms with van der Waals surface area (Å²) in [6, 6.07) is 11.7. The molecule has 0 amide bonds. The van der Waals surface area contributed by atoms with E-state index in [-0.39, 0.29) is 33.8 Å². The highest BCUT2D eigenvalue weighted by atomic mass is 35.5. The van der Waals surface area contributed by atoms with E-state index >= 15 is 0 Å². The molecule has 0 aliphatic carbocycles. The van der Waals surface area contributed by atoms with Crippen LogP contribution in [0.15, 0.2) is 47.4 Å². The van der Waals surface area contributed by atoms with Crippen molar-refractivity contribution < 1.29 is 13.3 Å². The molecule has 0 aromatic heterocycles. The Morgan fingerprint density at radius 2 is 1.96 bits per heavy atom. The van der Waals surface area contributed by atoms with Crippen LogP contribution in [0, 0.1) is 27.4 Å². The number of nitro groups is 1.